The zero-order valence-corrected chi connectivity index (χ0v) is 17.5. The molecule has 4 nitrogen and oxygen atoms in total. The molecule has 0 aliphatic carbocycles. The van der Waals surface area contributed by atoms with Gasteiger partial charge in [0, 0.05) is 15.6 Å². The summed E-state index contributed by atoms with van der Waals surface area (Å²) in [6.07, 6.45) is 0. The Morgan fingerprint density at radius 1 is 0.759 bits per heavy atom. The summed E-state index contributed by atoms with van der Waals surface area (Å²) in [4.78, 5) is 9.35. The first-order chi connectivity index (χ1) is 14.2. The van der Waals surface area contributed by atoms with E-state index in [1.54, 1.807) is 0 Å². The van der Waals surface area contributed by atoms with Crippen molar-refractivity contribution in [3.05, 3.63) is 101 Å². The summed E-state index contributed by atoms with van der Waals surface area (Å²) < 4.78 is 1.03. The average molecular weight is 443 g/mol. The van der Waals surface area contributed by atoms with Gasteiger partial charge >= 0.3 is 0 Å². The summed E-state index contributed by atoms with van der Waals surface area (Å²) in [5.41, 5.74) is 8.66. The summed E-state index contributed by atoms with van der Waals surface area (Å²) in [6.45, 7) is 1.96. The lowest BCUT2D eigenvalue weighted by Gasteiger charge is -2.09. The third kappa shape index (κ3) is 4.76. The molecule has 4 aromatic rings. The molecule has 0 fully saturated rings. The monoisotopic (exact) mass is 442 g/mol. The molecule has 0 saturated carbocycles. The minimum atomic E-state index is 0.458. The van der Waals surface area contributed by atoms with Gasteiger partial charge in [-0.15, -0.1) is 0 Å². The Balaban J connectivity index is 1.72. The molecule has 5 heteroatoms. The predicted molar refractivity (Wildman–Crippen MR) is 123 cm³/mol. The first kappa shape index (κ1) is 19.0. The largest absolute Gasteiger partial charge is 0.245 e. The summed E-state index contributed by atoms with van der Waals surface area (Å²) >= 11 is 3.48. The van der Waals surface area contributed by atoms with E-state index in [4.69, 9.17) is 0 Å². The fraction of sp³-hybridized carbons (Fsp3) is 0.0417. The summed E-state index contributed by atoms with van der Waals surface area (Å²) in [7, 11) is 0. The molecule has 0 unspecified atom stereocenters. The highest BCUT2D eigenvalue weighted by Gasteiger charge is 2.09. The fourth-order valence-electron chi connectivity index (χ4n) is 2.90. The van der Waals surface area contributed by atoms with Gasteiger partial charge in [-0.25, -0.2) is 15.4 Å². The molecule has 3 aromatic carbocycles. The van der Waals surface area contributed by atoms with Crippen molar-refractivity contribution in [1.82, 2.24) is 9.97 Å². The molecular weight excluding hydrogens is 424 g/mol. The molecule has 4 rings (SSSR count). The molecule has 0 aliphatic heterocycles. The van der Waals surface area contributed by atoms with E-state index < -0.39 is 0 Å². The van der Waals surface area contributed by atoms with Crippen LogP contribution in [-0.2, 0) is 0 Å². The number of hydrogen-bond donors (Lipinski definition) is 1. The van der Waals surface area contributed by atoms with Crippen LogP contribution >= 0.6 is 15.9 Å². The molecule has 0 atom stereocenters. The number of rotatable bonds is 5. The zero-order valence-electron chi connectivity index (χ0n) is 15.9. The maximum absolute atomic E-state index is 4.68. The van der Waals surface area contributed by atoms with Gasteiger partial charge in [0.15, 0.2) is 0 Å². The van der Waals surface area contributed by atoms with E-state index in [0.717, 1.165) is 38.3 Å². The van der Waals surface area contributed by atoms with E-state index in [2.05, 4.69) is 36.4 Å². The average Bonchev–Trinajstić information content (AvgIpc) is 2.79. The van der Waals surface area contributed by atoms with Gasteiger partial charge in [-0.3, -0.25) is 0 Å². The second-order valence-electron chi connectivity index (χ2n) is 6.51. The molecule has 0 radical (unpaired) electrons. The summed E-state index contributed by atoms with van der Waals surface area (Å²) in [5.74, 6) is 0.458. The minimum absolute atomic E-state index is 0.458. The van der Waals surface area contributed by atoms with Crippen LogP contribution in [0.3, 0.4) is 0 Å². The van der Waals surface area contributed by atoms with E-state index >= 15 is 0 Å². The highest BCUT2D eigenvalue weighted by Crippen LogP contribution is 2.26. The predicted octanol–water partition coefficient (Wildman–Crippen LogP) is 6.41. The van der Waals surface area contributed by atoms with Crippen molar-refractivity contribution in [1.29, 1.82) is 0 Å². The normalized spacial score (nSPS) is 11.3. The maximum Gasteiger partial charge on any atom is 0.244 e. The van der Waals surface area contributed by atoms with E-state index in [-0.39, 0.29) is 0 Å². The van der Waals surface area contributed by atoms with Crippen LogP contribution < -0.4 is 5.43 Å². The number of benzene rings is 3. The lowest BCUT2D eigenvalue weighted by molar-refractivity contribution is 1.12. The Morgan fingerprint density at radius 3 is 1.93 bits per heavy atom. The van der Waals surface area contributed by atoms with Gasteiger partial charge in [-0.2, -0.15) is 5.10 Å². The summed E-state index contributed by atoms with van der Waals surface area (Å²) in [5, 5.41) is 4.48. The Hall–Kier alpha value is -3.31. The van der Waals surface area contributed by atoms with Gasteiger partial charge in [0.05, 0.1) is 17.1 Å². The Labute approximate surface area is 178 Å². The molecule has 0 amide bonds. The van der Waals surface area contributed by atoms with Crippen LogP contribution in [0.1, 0.15) is 12.5 Å². The standard InChI is InChI=1S/C24H19BrN4/c1-17(18-8-4-2-5-9-18)28-29-24-26-22(19-10-6-3-7-11-19)16-23(27-24)20-12-14-21(25)15-13-20/h2-16H,1H3,(H,26,27,29)/b28-17-. The Kier molecular flexibility index (Phi) is 5.77. The number of nitrogens with zero attached hydrogens (tertiary/aromatic N) is 3. The van der Waals surface area contributed by atoms with Crippen LogP contribution in [0.5, 0.6) is 0 Å². The van der Waals surface area contributed by atoms with Gasteiger partial charge < -0.3 is 0 Å². The molecular formula is C24H19BrN4. The van der Waals surface area contributed by atoms with Crippen LogP contribution in [0.4, 0.5) is 5.95 Å². The van der Waals surface area contributed by atoms with Crippen molar-refractivity contribution < 1.29 is 0 Å². The van der Waals surface area contributed by atoms with E-state index in [1.165, 1.54) is 0 Å². The third-order valence-corrected chi connectivity index (χ3v) is 4.98. The fourth-order valence-corrected chi connectivity index (χ4v) is 3.16. The van der Waals surface area contributed by atoms with Crippen molar-refractivity contribution >= 4 is 27.6 Å². The number of hydrazone groups is 1. The highest BCUT2D eigenvalue weighted by molar-refractivity contribution is 9.10. The van der Waals surface area contributed by atoms with E-state index in [0.29, 0.717) is 5.95 Å². The zero-order chi connectivity index (χ0) is 20.1. The van der Waals surface area contributed by atoms with Crippen LogP contribution in [-0.4, -0.2) is 15.7 Å². The molecule has 0 saturated heterocycles. The van der Waals surface area contributed by atoms with Gasteiger partial charge in [-0.1, -0.05) is 88.7 Å². The number of aromatic nitrogens is 2. The van der Waals surface area contributed by atoms with E-state index in [1.807, 2.05) is 97.9 Å². The number of hydrogen-bond acceptors (Lipinski definition) is 4. The quantitative estimate of drug-likeness (QED) is 0.287. The Bertz CT molecular complexity index is 1120. The molecule has 1 N–H and O–H groups in total. The van der Waals surface area contributed by atoms with Gasteiger partial charge in [0.1, 0.15) is 0 Å². The number of halogens is 1. The number of nitrogens with one attached hydrogen (secondary N) is 1. The third-order valence-electron chi connectivity index (χ3n) is 4.45. The topological polar surface area (TPSA) is 50.2 Å². The van der Waals surface area contributed by atoms with Crippen LogP contribution in [0.25, 0.3) is 22.5 Å². The van der Waals surface area contributed by atoms with Crippen molar-refractivity contribution in [2.24, 2.45) is 5.10 Å². The van der Waals surface area contributed by atoms with E-state index in [9.17, 15) is 0 Å². The molecule has 1 heterocycles. The molecule has 0 aliphatic rings. The van der Waals surface area contributed by atoms with Crippen molar-refractivity contribution in [3.8, 4) is 22.5 Å². The van der Waals surface area contributed by atoms with Crippen LogP contribution in [0.15, 0.2) is 101 Å². The second-order valence-corrected chi connectivity index (χ2v) is 7.43. The molecule has 29 heavy (non-hydrogen) atoms. The van der Waals surface area contributed by atoms with Gasteiger partial charge in [-0.05, 0) is 30.7 Å². The highest BCUT2D eigenvalue weighted by atomic mass is 79.9. The first-order valence-corrected chi connectivity index (χ1v) is 10.0. The SMILES string of the molecule is C/C(=N/Nc1nc(-c2ccccc2)cc(-c2ccc(Br)cc2)n1)c1ccccc1. The molecule has 1 aromatic heterocycles. The number of anilines is 1. The van der Waals surface area contributed by atoms with Crippen molar-refractivity contribution in [3.63, 3.8) is 0 Å². The van der Waals surface area contributed by atoms with Crippen LogP contribution in [0, 0.1) is 0 Å². The Morgan fingerprint density at radius 2 is 1.31 bits per heavy atom. The lowest BCUT2D eigenvalue weighted by Crippen LogP contribution is -2.03. The van der Waals surface area contributed by atoms with Gasteiger partial charge in [0.25, 0.3) is 0 Å². The lowest BCUT2D eigenvalue weighted by atomic mass is 10.1. The molecule has 0 bridgehead atoms. The van der Waals surface area contributed by atoms with Gasteiger partial charge in [0.2, 0.25) is 5.95 Å². The smallest absolute Gasteiger partial charge is 0.244 e. The summed E-state index contributed by atoms with van der Waals surface area (Å²) in [6, 6.07) is 30.2. The van der Waals surface area contributed by atoms with Crippen molar-refractivity contribution in [2.45, 2.75) is 6.92 Å². The second kappa shape index (κ2) is 8.80. The first-order valence-electron chi connectivity index (χ1n) is 9.25. The molecule has 0 spiro atoms. The minimum Gasteiger partial charge on any atom is -0.245 e. The maximum atomic E-state index is 4.68. The molecule has 142 valence electrons. The van der Waals surface area contributed by atoms with Crippen LogP contribution in [0.2, 0.25) is 0 Å². The van der Waals surface area contributed by atoms with Crippen molar-refractivity contribution in [2.75, 3.05) is 5.43 Å².